The number of rotatable bonds is 5. The zero-order chi connectivity index (χ0) is 14.5. The molecule has 0 fully saturated rings. The average Bonchev–Trinajstić information content (AvgIpc) is 2.32. The van der Waals surface area contributed by atoms with Crippen molar-refractivity contribution in [2.45, 2.75) is 12.6 Å². The Kier molecular flexibility index (Phi) is 5.36. The quantitative estimate of drug-likeness (QED) is 0.848. The van der Waals surface area contributed by atoms with Gasteiger partial charge in [0.15, 0.2) is 0 Å². The van der Waals surface area contributed by atoms with E-state index in [9.17, 15) is 17.4 Å². The van der Waals surface area contributed by atoms with E-state index in [0.29, 0.717) is 24.4 Å². The van der Waals surface area contributed by atoms with Gasteiger partial charge < -0.3 is 5.32 Å². The van der Waals surface area contributed by atoms with Crippen LogP contribution in [0.2, 0.25) is 0 Å². The van der Waals surface area contributed by atoms with Crippen LogP contribution < -0.4 is 5.32 Å². The van der Waals surface area contributed by atoms with E-state index in [1.807, 2.05) is 0 Å². The Bertz CT molecular complexity index is 509. The van der Waals surface area contributed by atoms with Gasteiger partial charge >= 0.3 is 6.18 Å². The first-order chi connectivity index (χ1) is 8.84. The lowest BCUT2D eigenvalue weighted by molar-refractivity contribution is -0.137. The smallest absolute Gasteiger partial charge is 0.385 e. The largest absolute Gasteiger partial charge is 0.417 e. The Morgan fingerprint density at radius 2 is 2.11 bits per heavy atom. The summed E-state index contributed by atoms with van der Waals surface area (Å²) in [6, 6.07) is 4.89. The van der Waals surface area contributed by atoms with Crippen molar-refractivity contribution in [3.8, 4) is 6.07 Å². The summed E-state index contributed by atoms with van der Waals surface area (Å²) < 4.78 is 48.5. The van der Waals surface area contributed by atoms with Gasteiger partial charge in [0.25, 0.3) is 0 Å². The normalized spacial score (nSPS) is 12.8. The van der Waals surface area contributed by atoms with Gasteiger partial charge in [0, 0.05) is 35.0 Å². The topological polar surface area (TPSA) is 52.9 Å². The summed E-state index contributed by atoms with van der Waals surface area (Å²) in [7, 11) is -0.886. The molecule has 3 nitrogen and oxygen atoms in total. The molecule has 0 heterocycles. The van der Waals surface area contributed by atoms with Crippen LogP contribution in [0.5, 0.6) is 0 Å². The molecule has 1 rings (SSSR count). The van der Waals surface area contributed by atoms with Gasteiger partial charge in [-0.3, -0.25) is 4.21 Å². The third kappa shape index (κ3) is 4.91. The van der Waals surface area contributed by atoms with Crippen LogP contribution in [0, 0.1) is 11.3 Å². The lowest BCUT2D eigenvalue weighted by atomic mass is 10.1. The van der Waals surface area contributed by atoms with E-state index in [0.717, 1.165) is 6.07 Å². The van der Waals surface area contributed by atoms with E-state index in [1.165, 1.54) is 12.1 Å². The van der Waals surface area contributed by atoms with Crippen molar-refractivity contribution in [3.63, 3.8) is 0 Å². The van der Waals surface area contributed by atoms with Crippen molar-refractivity contribution in [1.29, 1.82) is 5.26 Å². The van der Waals surface area contributed by atoms with Gasteiger partial charge in [-0.25, -0.2) is 0 Å². The van der Waals surface area contributed by atoms with Crippen molar-refractivity contribution < 1.29 is 17.4 Å². The number of alkyl halides is 3. The Morgan fingerprint density at radius 3 is 2.63 bits per heavy atom. The lowest BCUT2D eigenvalue weighted by Crippen LogP contribution is -2.10. The number of anilines is 1. The molecule has 7 heteroatoms. The second kappa shape index (κ2) is 6.57. The van der Waals surface area contributed by atoms with Gasteiger partial charge in [0.1, 0.15) is 0 Å². The molecule has 0 saturated carbocycles. The summed E-state index contributed by atoms with van der Waals surface area (Å²) in [5.41, 5.74) is -0.891. The molecule has 1 atom stereocenters. The van der Waals surface area contributed by atoms with Crippen LogP contribution in [-0.4, -0.2) is 22.8 Å². The number of nitrogens with one attached hydrogen (secondary N) is 1. The minimum atomic E-state index is -4.53. The summed E-state index contributed by atoms with van der Waals surface area (Å²) in [5, 5.41) is 11.6. The van der Waals surface area contributed by atoms with Crippen LogP contribution in [0.4, 0.5) is 18.9 Å². The maximum absolute atomic E-state index is 12.6. The molecule has 1 aromatic carbocycles. The van der Waals surface area contributed by atoms with E-state index in [2.05, 4.69) is 5.32 Å². The zero-order valence-corrected chi connectivity index (χ0v) is 11.1. The molecule has 0 spiro atoms. The van der Waals surface area contributed by atoms with Crippen molar-refractivity contribution in [1.82, 2.24) is 0 Å². The first kappa shape index (κ1) is 15.5. The first-order valence-corrected chi connectivity index (χ1v) is 7.22. The fourth-order valence-corrected chi connectivity index (χ4v) is 2.05. The van der Waals surface area contributed by atoms with E-state index in [-0.39, 0.29) is 0 Å². The molecule has 0 aliphatic carbocycles. The highest BCUT2D eigenvalue weighted by molar-refractivity contribution is 7.84. The molecule has 0 radical (unpaired) electrons. The number of hydrogen-bond donors (Lipinski definition) is 1. The highest BCUT2D eigenvalue weighted by Crippen LogP contribution is 2.32. The van der Waals surface area contributed by atoms with Gasteiger partial charge in [-0.1, -0.05) is 0 Å². The van der Waals surface area contributed by atoms with Crippen LogP contribution >= 0.6 is 0 Å². The Balaban J connectivity index is 2.73. The van der Waals surface area contributed by atoms with Crippen molar-refractivity contribution in [2.75, 3.05) is 23.9 Å². The predicted molar refractivity (Wildman–Crippen MR) is 68.2 cm³/mol. The molecular weight excluding hydrogens is 277 g/mol. The molecule has 0 bridgehead atoms. The van der Waals surface area contributed by atoms with Crippen LogP contribution in [0.1, 0.15) is 17.5 Å². The first-order valence-electron chi connectivity index (χ1n) is 5.50. The Hall–Kier alpha value is -1.55. The monoisotopic (exact) mass is 290 g/mol. The fraction of sp³-hybridized carbons (Fsp3) is 0.417. The van der Waals surface area contributed by atoms with E-state index < -0.39 is 28.1 Å². The number of nitrogens with zero attached hydrogens (tertiary/aromatic N) is 1. The van der Waals surface area contributed by atoms with Gasteiger partial charge in [-0.2, -0.15) is 18.4 Å². The van der Waals surface area contributed by atoms with Gasteiger partial charge in [0.2, 0.25) is 0 Å². The summed E-state index contributed by atoms with van der Waals surface area (Å²) in [4.78, 5) is 0. The Labute approximate surface area is 111 Å². The van der Waals surface area contributed by atoms with Crippen molar-refractivity contribution in [3.05, 3.63) is 29.3 Å². The third-order valence-corrected chi connectivity index (χ3v) is 3.25. The van der Waals surface area contributed by atoms with E-state index in [4.69, 9.17) is 5.26 Å². The number of nitriles is 1. The molecule has 0 saturated heterocycles. The molecular formula is C12H13F3N2OS. The Morgan fingerprint density at radius 1 is 1.42 bits per heavy atom. The molecule has 0 amide bonds. The van der Waals surface area contributed by atoms with Gasteiger partial charge in [0.05, 0.1) is 17.2 Å². The maximum Gasteiger partial charge on any atom is 0.417 e. The molecule has 19 heavy (non-hydrogen) atoms. The molecule has 0 aliphatic rings. The van der Waals surface area contributed by atoms with Crippen molar-refractivity contribution in [2.24, 2.45) is 0 Å². The third-order valence-electron chi connectivity index (χ3n) is 2.38. The lowest BCUT2D eigenvalue weighted by Gasteiger charge is -2.11. The summed E-state index contributed by atoms with van der Waals surface area (Å²) >= 11 is 0. The van der Waals surface area contributed by atoms with Crippen molar-refractivity contribution >= 4 is 16.5 Å². The van der Waals surface area contributed by atoms with E-state index in [1.54, 1.807) is 12.3 Å². The minimum Gasteiger partial charge on any atom is -0.385 e. The summed E-state index contributed by atoms with van der Waals surface area (Å²) in [5.74, 6) is 0.527. The minimum absolute atomic E-state index is 0.406. The number of halogens is 3. The molecule has 104 valence electrons. The van der Waals surface area contributed by atoms with Crippen LogP contribution in [0.3, 0.4) is 0 Å². The maximum atomic E-state index is 12.6. The van der Waals surface area contributed by atoms with Crippen LogP contribution in [-0.2, 0) is 17.0 Å². The number of hydrogen-bond acceptors (Lipinski definition) is 3. The summed E-state index contributed by atoms with van der Waals surface area (Å²) in [6.45, 7) is 0.496. The molecule has 0 aromatic heterocycles. The molecule has 1 N–H and O–H groups in total. The van der Waals surface area contributed by atoms with Crippen LogP contribution in [0.15, 0.2) is 18.2 Å². The molecule has 0 aliphatic heterocycles. The second-order valence-electron chi connectivity index (χ2n) is 3.93. The SMILES string of the molecule is C[S@](=O)CCCNc1ccc(C(F)(F)F)c(C#N)c1. The zero-order valence-electron chi connectivity index (χ0n) is 10.3. The highest BCUT2D eigenvalue weighted by atomic mass is 32.2. The standard InChI is InChI=1S/C12H13F3N2OS/c1-19(18)6-2-5-17-10-3-4-11(12(13,14)15)9(7-10)8-16/h3-4,7,17H,2,5-6H2,1H3/t19-/m0/s1. The predicted octanol–water partition coefficient (Wildman–Crippen LogP) is 2.76. The number of benzene rings is 1. The average molecular weight is 290 g/mol. The fourth-order valence-electron chi connectivity index (χ4n) is 1.50. The van der Waals surface area contributed by atoms with Gasteiger partial charge in [-0.15, -0.1) is 0 Å². The highest BCUT2D eigenvalue weighted by Gasteiger charge is 2.33. The van der Waals surface area contributed by atoms with E-state index >= 15 is 0 Å². The molecule has 1 aromatic rings. The van der Waals surface area contributed by atoms with Crippen LogP contribution in [0.25, 0.3) is 0 Å². The second-order valence-corrected chi connectivity index (χ2v) is 5.48. The van der Waals surface area contributed by atoms with Gasteiger partial charge in [-0.05, 0) is 24.6 Å². The molecule has 0 unspecified atom stereocenters. The summed E-state index contributed by atoms with van der Waals surface area (Å²) in [6.07, 6.45) is -2.29.